The van der Waals surface area contributed by atoms with Crippen LogP contribution in [0.1, 0.15) is 28.2 Å². The van der Waals surface area contributed by atoms with Crippen LogP contribution in [0.25, 0.3) is 33.6 Å². The Balaban J connectivity index is 1.15. The molecule has 3 aliphatic rings. The van der Waals surface area contributed by atoms with Crippen molar-refractivity contribution >= 4 is 0 Å². The Morgan fingerprint density at radius 2 is 1.14 bits per heavy atom. The molecule has 0 amide bonds. The van der Waals surface area contributed by atoms with Crippen molar-refractivity contribution in [2.75, 3.05) is 0 Å². The Kier molecular flexibility index (Phi) is 5.54. The molecular weight excluding hydrogens is 536 g/mol. The zero-order valence-electron chi connectivity index (χ0n) is 24.0. The summed E-state index contributed by atoms with van der Waals surface area (Å²) in [5.74, 6) is 2.43. The molecule has 1 aromatic heterocycles. The van der Waals surface area contributed by atoms with E-state index in [1.54, 1.807) is 0 Å². The minimum Gasteiger partial charge on any atom is -0.457 e. The summed E-state index contributed by atoms with van der Waals surface area (Å²) >= 11 is 0. The zero-order chi connectivity index (χ0) is 29.1. The van der Waals surface area contributed by atoms with Crippen molar-refractivity contribution < 1.29 is 4.74 Å². The van der Waals surface area contributed by atoms with Gasteiger partial charge in [-0.05, 0) is 52.6 Å². The second kappa shape index (κ2) is 9.75. The number of allylic oxidation sites excluding steroid dienone is 4. The number of aromatic nitrogens is 2. The van der Waals surface area contributed by atoms with Crippen molar-refractivity contribution in [1.82, 2.24) is 10.2 Å². The maximum atomic E-state index is 6.73. The van der Waals surface area contributed by atoms with Crippen LogP contribution in [0.2, 0.25) is 0 Å². The van der Waals surface area contributed by atoms with Crippen LogP contribution < -0.4 is 4.74 Å². The summed E-state index contributed by atoms with van der Waals surface area (Å²) < 4.78 is 6.73. The van der Waals surface area contributed by atoms with E-state index in [1.807, 2.05) is 30.3 Å². The van der Waals surface area contributed by atoms with E-state index < -0.39 is 0 Å². The molecule has 0 saturated carbocycles. The first-order valence-electron chi connectivity index (χ1n) is 15.2. The number of benzene rings is 5. The number of fused-ring (bicyclic) bond motifs is 9. The molecule has 3 nitrogen and oxygen atoms in total. The predicted molar refractivity (Wildman–Crippen MR) is 176 cm³/mol. The number of ether oxygens (including phenoxy) is 1. The fourth-order valence-electron chi connectivity index (χ4n) is 7.66. The molecule has 0 radical (unpaired) electrons. The summed E-state index contributed by atoms with van der Waals surface area (Å²) in [5, 5.41) is 9.10. The summed E-state index contributed by atoms with van der Waals surface area (Å²) in [7, 11) is 0. The maximum Gasteiger partial charge on any atom is 0.132 e. The predicted octanol–water partition coefficient (Wildman–Crippen LogP) is 9.76. The first kappa shape index (κ1) is 25.0. The van der Waals surface area contributed by atoms with E-state index in [9.17, 15) is 0 Å². The third-order valence-electron chi connectivity index (χ3n) is 9.54. The lowest BCUT2D eigenvalue weighted by Crippen LogP contribution is -2.37. The molecule has 6 aromatic rings. The molecule has 208 valence electrons. The molecule has 3 heteroatoms. The lowest BCUT2D eigenvalue weighted by Gasteiger charge is -2.43. The first-order valence-corrected chi connectivity index (χ1v) is 15.2. The number of rotatable bonds is 3. The third-order valence-corrected chi connectivity index (χ3v) is 9.54. The van der Waals surface area contributed by atoms with Crippen LogP contribution in [0, 0.1) is 5.92 Å². The van der Waals surface area contributed by atoms with E-state index in [0.717, 1.165) is 45.1 Å². The molecule has 1 spiro atoms. The van der Waals surface area contributed by atoms with E-state index in [1.165, 1.54) is 22.3 Å². The van der Waals surface area contributed by atoms with E-state index in [2.05, 4.69) is 138 Å². The average Bonchev–Trinajstić information content (AvgIpc) is 3.39. The second-order valence-corrected chi connectivity index (χ2v) is 11.8. The van der Waals surface area contributed by atoms with Gasteiger partial charge in [0.1, 0.15) is 11.5 Å². The van der Waals surface area contributed by atoms with E-state index in [4.69, 9.17) is 4.74 Å². The van der Waals surface area contributed by atoms with Gasteiger partial charge in [0.05, 0.1) is 16.8 Å². The Morgan fingerprint density at radius 3 is 2.00 bits per heavy atom. The van der Waals surface area contributed by atoms with Gasteiger partial charge in [-0.25, -0.2) is 0 Å². The average molecular weight is 565 g/mol. The zero-order valence-corrected chi connectivity index (χ0v) is 24.0. The molecule has 2 heterocycles. The van der Waals surface area contributed by atoms with Gasteiger partial charge in [0, 0.05) is 34.1 Å². The quantitative estimate of drug-likeness (QED) is 0.215. The molecule has 1 aliphatic heterocycles. The fraction of sp³-hybridized carbons (Fsp3) is 0.0732. The van der Waals surface area contributed by atoms with Gasteiger partial charge >= 0.3 is 0 Å². The lowest BCUT2D eigenvalue weighted by atomic mass is 9.62. The van der Waals surface area contributed by atoms with Crippen molar-refractivity contribution in [3.05, 3.63) is 180 Å². The highest BCUT2D eigenvalue weighted by Gasteiger charge is 2.56. The smallest absolute Gasteiger partial charge is 0.132 e. The standard InChI is InChI=1S/C41H28N2O/c1-2-11-27(12-3-1)37-23-24-38(43-42-37)30-14-10-13-28(25-30)29-21-22-36-40(26-29)44-39-20-9-8-19-35(39)41(36)33-17-6-4-15-31(33)32-16-5-7-18-34(32)41/h1-26,31,33H. The molecular formula is C41H28N2O. The Labute approximate surface area is 256 Å². The van der Waals surface area contributed by atoms with E-state index in [0.29, 0.717) is 5.92 Å². The molecule has 0 saturated heterocycles. The van der Waals surface area contributed by atoms with Crippen LogP contribution in [0.5, 0.6) is 11.5 Å². The van der Waals surface area contributed by atoms with Crippen LogP contribution >= 0.6 is 0 Å². The van der Waals surface area contributed by atoms with Gasteiger partial charge in [-0.1, -0.05) is 127 Å². The molecule has 3 unspecified atom stereocenters. The highest BCUT2D eigenvalue weighted by atomic mass is 16.5. The van der Waals surface area contributed by atoms with Crippen molar-refractivity contribution in [2.45, 2.75) is 11.3 Å². The summed E-state index contributed by atoms with van der Waals surface area (Å²) in [5.41, 5.74) is 10.9. The number of para-hydroxylation sites is 1. The van der Waals surface area contributed by atoms with E-state index in [-0.39, 0.29) is 11.3 Å². The Bertz CT molecular complexity index is 2110. The van der Waals surface area contributed by atoms with Gasteiger partial charge in [-0.2, -0.15) is 0 Å². The lowest BCUT2D eigenvalue weighted by molar-refractivity contribution is 0.374. The monoisotopic (exact) mass is 564 g/mol. The molecule has 5 aromatic carbocycles. The highest BCUT2D eigenvalue weighted by Crippen LogP contribution is 2.64. The molecule has 44 heavy (non-hydrogen) atoms. The summed E-state index contributed by atoms with van der Waals surface area (Å²) in [6.45, 7) is 0. The van der Waals surface area contributed by atoms with Crippen LogP contribution in [-0.4, -0.2) is 10.2 Å². The Hall–Kier alpha value is -5.54. The van der Waals surface area contributed by atoms with Gasteiger partial charge in [-0.15, -0.1) is 10.2 Å². The van der Waals surface area contributed by atoms with Gasteiger partial charge < -0.3 is 4.74 Å². The van der Waals surface area contributed by atoms with Crippen molar-refractivity contribution in [3.8, 4) is 45.1 Å². The largest absolute Gasteiger partial charge is 0.457 e. The van der Waals surface area contributed by atoms with Crippen LogP contribution in [-0.2, 0) is 5.41 Å². The van der Waals surface area contributed by atoms with Crippen molar-refractivity contribution in [2.24, 2.45) is 5.92 Å². The summed E-state index contributed by atoms with van der Waals surface area (Å²) in [6.07, 6.45) is 9.17. The highest BCUT2D eigenvalue weighted by molar-refractivity contribution is 5.76. The fourth-order valence-corrected chi connectivity index (χ4v) is 7.66. The number of nitrogens with zero attached hydrogens (tertiary/aromatic N) is 2. The normalized spacial score (nSPS) is 20.4. The topological polar surface area (TPSA) is 35.0 Å². The molecule has 0 N–H and O–H groups in total. The SMILES string of the molecule is C1=CC2c3ccccc3C3(c4ccccc4Oc4cc(-c5cccc(-c6ccc(-c7ccccc7)nn6)c5)ccc43)C2C=C1. The number of hydrogen-bond donors (Lipinski definition) is 0. The molecule has 3 atom stereocenters. The van der Waals surface area contributed by atoms with Gasteiger partial charge in [0.25, 0.3) is 0 Å². The van der Waals surface area contributed by atoms with Crippen LogP contribution in [0.15, 0.2) is 158 Å². The minimum atomic E-state index is -0.330. The van der Waals surface area contributed by atoms with Gasteiger partial charge in [-0.3, -0.25) is 0 Å². The second-order valence-electron chi connectivity index (χ2n) is 11.8. The third kappa shape index (κ3) is 3.62. The molecule has 2 aliphatic carbocycles. The maximum absolute atomic E-state index is 6.73. The van der Waals surface area contributed by atoms with E-state index >= 15 is 0 Å². The first-order chi connectivity index (χ1) is 21.8. The molecule has 0 fully saturated rings. The molecule has 9 rings (SSSR count). The summed E-state index contributed by atoms with van der Waals surface area (Å²) in [4.78, 5) is 0. The van der Waals surface area contributed by atoms with Crippen LogP contribution in [0.4, 0.5) is 0 Å². The van der Waals surface area contributed by atoms with Crippen LogP contribution in [0.3, 0.4) is 0 Å². The van der Waals surface area contributed by atoms with Gasteiger partial charge in [0.2, 0.25) is 0 Å². The minimum absolute atomic E-state index is 0.264. The van der Waals surface area contributed by atoms with Crippen molar-refractivity contribution in [1.29, 1.82) is 0 Å². The van der Waals surface area contributed by atoms with Crippen molar-refractivity contribution in [3.63, 3.8) is 0 Å². The van der Waals surface area contributed by atoms with Gasteiger partial charge in [0.15, 0.2) is 0 Å². The molecule has 0 bridgehead atoms. The number of hydrogen-bond acceptors (Lipinski definition) is 3. The Morgan fingerprint density at radius 1 is 0.477 bits per heavy atom. The summed E-state index contributed by atoms with van der Waals surface area (Å²) in [6, 6.07) is 47.1.